The summed E-state index contributed by atoms with van der Waals surface area (Å²) < 4.78 is 0. The molecule has 0 aromatic rings. The van der Waals surface area contributed by atoms with Crippen LogP contribution in [0.3, 0.4) is 0 Å². The van der Waals surface area contributed by atoms with Gasteiger partial charge in [0, 0.05) is 12.1 Å². The van der Waals surface area contributed by atoms with Crippen molar-refractivity contribution >= 4 is 0 Å². The first kappa shape index (κ1) is 15.3. The minimum absolute atomic E-state index is 0.116. The van der Waals surface area contributed by atoms with Crippen LogP contribution in [0.4, 0.5) is 0 Å². The fraction of sp³-hybridized carbons (Fsp3) is 1.00. The quantitative estimate of drug-likeness (QED) is 0.693. The predicted octanol–water partition coefficient (Wildman–Crippen LogP) is 2.44. The predicted molar refractivity (Wildman–Crippen MR) is 80.3 cm³/mol. The zero-order valence-electron chi connectivity index (χ0n) is 12.5. The lowest BCUT2D eigenvalue weighted by Crippen LogP contribution is -2.38. The average molecular weight is 268 g/mol. The van der Waals surface area contributed by atoms with Gasteiger partial charge in [-0.1, -0.05) is 19.8 Å². The molecule has 0 aromatic heterocycles. The molecule has 3 N–H and O–H groups in total. The highest BCUT2D eigenvalue weighted by atomic mass is 16.3. The van der Waals surface area contributed by atoms with Crippen LogP contribution in [0.5, 0.6) is 0 Å². The lowest BCUT2D eigenvalue weighted by Gasteiger charge is -2.29. The summed E-state index contributed by atoms with van der Waals surface area (Å²) in [6.45, 7) is 4.62. The third-order valence-electron chi connectivity index (χ3n) is 4.74. The highest BCUT2D eigenvalue weighted by Crippen LogP contribution is 2.21. The molecule has 2 aliphatic heterocycles. The molecule has 0 aromatic carbocycles. The third kappa shape index (κ3) is 5.80. The number of aliphatic hydroxyl groups excluding tert-OH is 1. The Morgan fingerprint density at radius 1 is 0.947 bits per heavy atom. The van der Waals surface area contributed by atoms with Crippen LogP contribution in [-0.4, -0.2) is 36.4 Å². The topological polar surface area (TPSA) is 44.3 Å². The smallest absolute Gasteiger partial charge is 0.0557 e. The van der Waals surface area contributed by atoms with Gasteiger partial charge in [0.15, 0.2) is 0 Å². The number of hydrogen-bond acceptors (Lipinski definition) is 3. The van der Waals surface area contributed by atoms with Gasteiger partial charge in [0.25, 0.3) is 0 Å². The molecule has 0 unspecified atom stereocenters. The molecule has 2 rings (SSSR count). The Morgan fingerprint density at radius 3 is 2.05 bits per heavy atom. The molecule has 2 aliphatic rings. The lowest BCUT2D eigenvalue weighted by molar-refractivity contribution is 0.113. The van der Waals surface area contributed by atoms with Gasteiger partial charge in [0.1, 0.15) is 0 Å². The molecule has 2 heterocycles. The first-order valence-corrected chi connectivity index (χ1v) is 8.39. The number of hydrogen-bond donors (Lipinski definition) is 3. The van der Waals surface area contributed by atoms with Crippen LogP contribution in [0, 0.1) is 5.92 Å². The molecule has 0 aliphatic carbocycles. The van der Waals surface area contributed by atoms with Crippen LogP contribution in [0.1, 0.15) is 64.7 Å². The van der Waals surface area contributed by atoms with Crippen molar-refractivity contribution in [2.24, 2.45) is 5.92 Å². The maximum atomic E-state index is 10.2. The normalized spacial score (nSPS) is 31.9. The van der Waals surface area contributed by atoms with E-state index in [1.165, 1.54) is 51.5 Å². The van der Waals surface area contributed by atoms with E-state index in [2.05, 4.69) is 17.6 Å². The summed E-state index contributed by atoms with van der Waals surface area (Å²) >= 11 is 0. The molecular formula is C16H32N2O. The lowest BCUT2D eigenvalue weighted by atomic mass is 9.89. The number of rotatable bonds is 6. The summed E-state index contributed by atoms with van der Waals surface area (Å²) in [5.74, 6) is 0.634. The summed E-state index contributed by atoms with van der Waals surface area (Å²) in [7, 11) is 0. The van der Waals surface area contributed by atoms with E-state index >= 15 is 0 Å². The highest BCUT2D eigenvalue weighted by molar-refractivity contribution is 4.79. The molecular weight excluding hydrogens is 236 g/mol. The van der Waals surface area contributed by atoms with Gasteiger partial charge in [-0.05, 0) is 64.0 Å². The Bertz CT molecular complexity index is 211. The molecule has 0 radical (unpaired) electrons. The summed E-state index contributed by atoms with van der Waals surface area (Å²) in [6, 6.07) is 1.26. The van der Waals surface area contributed by atoms with Gasteiger partial charge in [0.2, 0.25) is 0 Å². The van der Waals surface area contributed by atoms with Crippen LogP contribution in [-0.2, 0) is 0 Å². The van der Waals surface area contributed by atoms with Gasteiger partial charge in [-0.25, -0.2) is 0 Å². The zero-order valence-corrected chi connectivity index (χ0v) is 12.5. The van der Waals surface area contributed by atoms with Crippen LogP contribution < -0.4 is 10.6 Å². The number of aliphatic hydroxyl groups is 1. The van der Waals surface area contributed by atoms with Gasteiger partial charge >= 0.3 is 0 Å². The molecule has 112 valence electrons. The molecule has 3 nitrogen and oxygen atoms in total. The van der Waals surface area contributed by atoms with Crippen LogP contribution in [0.2, 0.25) is 0 Å². The summed E-state index contributed by atoms with van der Waals surface area (Å²) in [5, 5.41) is 17.4. The van der Waals surface area contributed by atoms with Crippen LogP contribution >= 0.6 is 0 Å². The Morgan fingerprint density at radius 2 is 1.53 bits per heavy atom. The second kappa shape index (κ2) is 8.23. The largest absolute Gasteiger partial charge is 0.393 e. The first-order valence-electron chi connectivity index (χ1n) is 8.39. The van der Waals surface area contributed by atoms with Gasteiger partial charge in [0.05, 0.1) is 6.10 Å². The fourth-order valence-electron chi connectivity index (χ4n) is 3.72. The first-order chi connectivity index (χ1) is 9.24. The number of piperidine rings is 2. The maximum absolute atomic E-state index is 10.2. The van der Waals surface area contributed by atoms with E-state index in [-0.39, 0.29) is 6.10 Å². The molecule has 4 atom stereocenters. The summed E-state index contributed by atoms with van der Waals surface area (Å²) in [4.78, 5) is 0. The van der Waals surface area contributed by atoms with Gasteiger partial charge in [-0.3, -0.25) is 0 Å². The average Bonchev–Trinajstić information content (AvgIpc) is 2.40. The van der Waals surface area contributed by atoms with Crippen LogP contribution in [0.25, 0.3) is 0 Å². The third-order valence-corrected chi connectivity index (χ3v) is 4.74. The van der Waals surface area contributed by atoms with E-state index in [1.807, 2.05) is 0 Å². The summed E-state index contributed by atoms with van der Waals surface area (Å²) in [6.07, 6.45) is 10.9. The van der Waals surface area contributed by atoms with Crippen molar-refractivity contribution in [1.82, 2.24) is 10.6 Å². The minimum atomic E-state index is -0.116. The Labute approximate surface area is 118 Å². The molecule has 2 fully saturated rings. The van der Waals surface area contributed by atoms with Crippen molar-refractivity contribution in [1.29, 1.82) is 0 Å². The van der Waals surface area contributed by atoms with Crippen molar-refractivity contribution in [3.63, 3.8) is 0 Å². The Kier molecular flexibility index (Phi) is 6.62. The van der Waals surface area contributed by atoms with Gasteiger partial charge < -0.3 is 15.7 Å². The van der Waals surface area contributed by atoms with E-state index in [0.717, 1.165) is 19.4 Å². The van der Waals surface area contributed by atoms with Crippen LogP contribution in [0.15, 0.2) is 0 Å². The van der Waals surface area contributed by atoms with Crippen molar-refractivity contribution in [3.05, 3.63) is 0 Å². The molecule has 0 amide bonds. The summed E-state index contributed by atoms with van der Waals surface area (Å²) in [5.41, 5.74) is 0. The molecule has 3 heteroatoms. The molecule has 2 saturated heterocycles. The van der Waals surface area contributed by atoms with Gasteiger partial charge in [-0.2, -0.15) is 0 Å². The Hall–Kier alpha value is -0.120. The van der Waals surface area contributed by atoms with Gasteiger partial charge in [-0.15, -0.1) is 0 Å². The van der Waals surface area contributed by atoms with E-state index in [0.29, 0.717) is 18.0 Å². The second-order valence-electron chi connectivity index (χ2n) is 6.76. The monoisotopic (exact) mass is 268 g/mol. The Balaban J connectivity index is 1.61. The van der Waals surface area contributed by atoms with E-state index in [9.17, 15) is 5.11 Å². The highest BCUT2D eigenvalue weighted by Gasteiger charge is 2.21. The molecule has 0 saturated carbocycles. The van der Waals surface area contributed by atoms with E-state index < -0.39 is 0 Å². The van der Waals surface area contributed by atoms with Crippen molar-refractivity contribution in [3.8, 4) is 0 Å². The zero-order chi connectivity index (χ0) is 13.5. The van der Waals surface area contributed by atoms with Crippen molar-refractivity contribution in [2.45, 2.75) is 82.9 Å². The standard InChI is InChI=1S/C16H32N2O/c1-13(10-14-6-2-4-8-17-14)11-16(19)12-15-7-3-5-9-18-15/h13-19H,2-12H2,1H3/t13-,14-,15-,16-/m0/s1. The molecule has 0 spiro atoms. The number of nitrogens with one attached hydrogen (secondary N) is 2. The van der Waals surface area contributed by atoms with Crippen molar-refractivity contribution < 1.29 is 5.11 Å². The minimum Gasteiger partial charge on any atom is -0.393 e. The van der Waals surface area contributed by atoms with E-state index in [1.54, 1.807) is 0 Å². The molecule has 0 bridgehead atoms. The SMILES string of the molecule is C[C@H](C[C@H](O)C[C@@H]1CCCCN1)C[C@@H]1CCCCN1. The maximum Gasteiger partial charge on any atom is 0.0557 e. The second-order valence-corrected chi connectivity index (χ2v) is 6.76. The fourth-order valence-corrected chi connectivity index (χ4v) is 3.72. The van der Waals surface area contributed by atoms with E-state index in [4.69, 9.17) is 0 Å². The molecule has 19 heavy (non-hydrogen) atoms. The van der Waals surface area contributed by atoms with Crippen molar-refractivity contribution in [2.75, 3.05) is 13.1 Å².